The van der Waals surface area contributed by atoms with Crippen LogP contribution in [0.4, 0.5) is 0 Å². The van der Waals surface area contributed by atoms with E-state index < -0.39 is 0 Å². The van der Waals surface area contributed by atoms with Gasteiger partial charge in [-0.05, 0) is 37.5 Å². The zero-order valence-electron chi connectivity index (χ0n) is 10.9. The van der Waals surface area contributed by atoms with Crippen LogP contribution in [-0.4, -0.2) is 36.1 Å². The minimum absolute atomic E-state index is 0.355. The molecule has 2 atom stereocenters. The van der Waals surface area contributed by atoms with E-state index in [1.165, 1.54) is 0 Å². The number of ether oxygens (including phenoxy) is 1. The fourth-order valence-electron chi connectivity index (χ4n) is 3.40. The number of hydrogen-bond donors (Lipinski definition) is 0. The second kappa shape index (κ2) is 4.27. The van der Waals surface area contributed by atoms with E-state index in [2.05, 4.69) is 18.7 Å². The lowest BCUT2D eigenvalue weighted by molar-refractivity contribution is -0.155. The molecule has 2 unspecified atom stereocenters. The van der Waals surface area contributed by atoms with Crippen LogP contribution in [0.25, 0.3) is 0 Å². The van der Waals surface area contributed by atoms with Crippen molar-refractivity contribution >= 4 is 5.91 Å². The summed E-state index contributed by atoms with van der Waals surface area (Å²) in [6.07, 6.45) is 4.52. The number of fused-ring (bicyclic) bond motifs is 2. The molecule has 2 heterocycles. The number of piperidine rings is 1. The maximum absolute atomic E-state index is 12.3. The van der Waals surface area contributed by atoms with Gasteiger partial charge in [0.25, 0.3) is 0 Å². The molecule has 2 aliphatic heterocycles. The average molecular weight is 237 g/mol. The first-order valence-electron chi connectivity index (χ1n) is 7.06. The second-order valence-electron chi connectivity index (χ2n) is 6.34. The Morgan fingerprint density at radius 3 is 2.24 bits per heavy atom. The number of rotatable bonds is 2. The minimum Gasteiger partial charge on any atom is -0.377 e. The molecule has 1 amide bonds. The van der Waals surface area contributed by atoms with Crippen LogP contribution in [0.5, 0.6) is 0 Å². The van der Waals surface area contributed by atoms with E-state index in [0.717, 1.165) is 50.7 Å². The number of morpholine rings is 1. The van der Waals surface area contributed by atoms with Gasteiger partial charge in [0.1, 0.15) is 0 Å². The number of amides is 1. The van der Waals surface area contributed by atoms with Crippen molar-refractivity contribution in [2.24, 2.45) is 17.8 Å². The first kappa shape index (κ1) is 11.5. The number of carbonyl (C=O) groups excluding carboxylic acids is 1. The van der Waals surface area contributed by atoms with Crippen molar-refractivity contribution in [3.05, 3.63) is 0 Å². The molecule has 3 heteroatoms. The van der Waals surface area contributed by atoms with Crippen molar-refractivity contribution in [2.45, 2.75) is 51.6 Å². The van der Waals surface area contributed by atoms with Gasteiger partial charge in [0.05, 0.1) is 25.3 Å². The summed E-state index contributed by atoms with van der Waals surface area (Å²) < 4.78 is 5.65. The van der Waals surface area contributed by atoms with E-state index in [9.17, 15) is 4.79 Å². The summed E-state index contributed by atoms with van der Waals surface area (Å²) in [6.45, 7) is 6.13. The molecule has 2 bridgehead atoms. The van der Waals surface area contributed by atoms with E-state index in [1.807, 2.05) is 0 Å². The van der Waals surface area contributed by atoms with Crippen molar-refractivity contribution in [3.8, 4) is 0 Å². The van der Waals surface area contributed by atoms with Crippen LogP contribution in [-0.2, 0) is 9.53 Å². The SMILES string of the molecule is CC(C)C1CC2COCC(C1)N2C(=O)C1CC1. The normalized spacial score (nSPS) is 37.4. The van der Waals surface area contributed by atoms with Crippen molar-refractivity contribution in [1.29, 1.82) is 0 Å². The summed E-state index contributed by atoms with van der Waals surface area (Å²) in [4.78, 5) is 14.5. The van der Waals surface area contributed by atoms with Gasteiger partial charge < -0.3 is 9.64 Å². The van der Waals surface area contributed by atoms with Crippen molar-refractivity contribution in [2.75, 3.05) is 13.2 Å². The smallest absolute Gasteiger partial charge is 0.226 e. The van der Waals surface area contributed by atoms with Gasteiger partial charge in [0.2, 0.25) is 5.91 Å². The lowest BCUT2D eigenvalue weighted by atomic mass is 9.78. The standard InChI is InChI=1S/C14H23NO2/c1-9(2)11-5-12-7-17-8-13(6-11)15(12)14(16)10-3-4-10/h9-13H,3-8H2,1-2H3. The Labute approximate surface area is 104 Å². The fraction of sp³-hybridized carbons (Fsp3) is 0.929. The van der Waals surface area contributed by atoms with Crippen LogP contribution in [0, 0.1) is 17.8 Å². The molecule has 2 saturated heterocycles. The fourth-order valence-corrected chi connectivity index (χ4v) is 3.40. The van der Waals surface area contributed by atoms with Crippen molar-refractivity contribution in [3.63, 3.8) is 0 Å². The molecule has 1 aliphatic carbocycles. The monoisotopic (exact) mass is 237 g/mol. The number of hydrogen-bond acceptors (Lipinski definition) is 2. The Hall–Kier alpha value is -0.570. The van der Waals surface area contributed by atoms with E-state index in [1.54, 1.807) is 0 Å². The third-order valence-electron chi connectivity index (χ3n) is 4.68. The molecule has 0 spiro atoms. The zero-order chi connectivity index (χ0) is 12.0. The highest BCUT2D eigenvalue weighted by Gasteiger charge is 2.45. The zero-order valence-corrected chi connectivity index (χ0v) is 10.9. The maximum atomic E-state index is 12.3. The van der Waals surface area contributed by atoms with Gasteiger partial charge in [0.15, 0.2) is 0 Å². The minimum atomic E-state index is 0.355. The van der Waals surface area contributed by atoms with Crippen LogP contribution in [0.1, 0.15) is 39.5 Å². The number of nitrogens with zero attached hydrogens (tertiary/aromatic N) is 1. The summed E-state index contributed by atoms with van der Waals surface area (Å²) in [7, 11) is 0. The second-order valence-corrected chi connectivity index (χ2v) is 6.34. The van der Waals surface area contributed by atoms with E-state index >= 15 is 0 Å². The van der Waals surface area contributed by atoms with Crippen LogP contribution < -0.4 is 0 Å². The molecule has 0 N–H and O–H groups in total. The highest BCUT2D eigenvalue weighted by molar-refractivity contribution is 5.82. The Balaban J connectivity index is 1.75. The summed E-state index contributed by atoms with van der Waals surface area (Å²) in [6, 6.07) is 0.728. The third kappa shape index (κ3) is 2.10. The van der Waals surface area contributed by atoms with Crippen LogP contribution in [0.15, 0.2) is 0 Å². The van der Waals surface area contributed by atoms with Crippen LogP contribution in [0.3, 0.4) is 0 Å². The van der Waals surface area contributed by atoms with E-state index in [4.69, 9.17) is 4.74 Å². The topological polar surface area (TPSA) is 29.5 Å². The molecule has 0 aromatic carbocycles. The highest BCUT2D eigenvalue weighted by Crippen LogP contribution is 2.39. The van der Waals surface area contributed by atoms with Crippen molar-refractivity contribution < 1.29 is 9.53 Å². The van der Waals surface area contributed by atoms with E-state index in [0.29, 0.717) is 23.9 Å². The van der Waals surface area contributed by atoms with Gasteiger partial charge in [-0.1, -0.05) is 13.8 Å². The average Bonchev–Trinajstić information content (AvgIpc) is 3.09. The maximum Gasteiger partial charge on any atom is 0.226 e. The molecule has 0 aromatic rings. The first-order chi connectivity index (χ1) is 8.16. The molecule has 3 aliphatic rings. The predicted octanol–water partition coefficient (Wildman–Crippen LogP) is 2.06. The predicted molar refractivity (Wildman–Crippen MR) is 65.5 cm³/mol. The number of carbonyl (C=O) groups is 1. The lowest BCUT2D eigenvalue weighted by Gasteiger charge is -2.49. The molecule has 3 rings (SSSR count). The van der Waals surface area contributed by atoms with Gasteiger partial charge in [-0.2, -0.15) is 0 Å². The molecule has 3 fully saturated rings. The molecule has 0 aromatic heterocycles. The summed E-state index contributed by atoms with van der Waals surface area (Å²) in [5, 5.41) is 0. The Kier molecular flexibility index (Phi) is 2.89. The van der Waals surface area contributed by atoms with Crippen molar-refractivity contribution in [1.82, 2.24) is 4.90 Å². The van der Waals surface area contributed by atoms with Gasteiger partial charge in [-0.3, -0.25) is 4.79 Å². The van der Waals surface area contributed by atoms with Gasteiger partial charge in [-0.15, -0.1) is 0 Å². The molecule has 96 valence electrons. The summed E-state index contributed by atoms with van der Waals surface area (Å²) in [5.41, 5.74) is 0. The summed E-state index contributed by atoms with van der Waals surface area (Å²) >= 11 is 0. The molecular weight excluding hydrogens is 214 g/mol. The Morgan fingerprint density at radius 2 is 1.76 bits per heavy atom. The lowest BCUT2D eigenvalue weighted by Crippen LogP contribution is -2.60. The largest absolute Gasteiger partial charge is 0.377 e. The molecule has 17 heavy (non-hydrogen) atoms. The van der Waals surface area contributed by atoms with Gasteiger partial charge >= 0.3 is 0 Å². The van der Waals surface area contributed by atoms with E-state index in [-0.39, 0.29) is 0 Å². The highest BCUT2D eigenvalue weighted by atomic mass is 16.5. The quantitative estimate of drug-likeness (QED) is 0.735. The Bertz CT molecular complexity index is 297. The Morgan fingerprint density at radius 1 is 1.18 bits per heavy atom. The van der Waals surface area contributed by atoms with Gasteiger partial charge in [0, 0.05) is 5.92 Å². The first-order valence-corrected chi connectivity index (χ1v) is 7.06. The van der Waals surface area contributed by atoms with Gasteiger partial charge in [-0.25, -0.2) is 0 Å². The van der Waals surface area contributed by atoms with Crippen LogP contribution in [0.2, 0.25) is 0 Å². The summed E-state index contributed by atoms with van der Waals surface area (Å²) in [5.74, 6) is 2.28. The molecular formula is C14H23NO2. The molecule has 0 radical (unpaired) electrons. The third-order valence-corrected chi connectivity index (χ3v) is 4.68. The molecule has 3 nitrogen and oxygen atoms in total. The van der Waals surface area contributed by atoms with Crippen LogP contribution >= 0.6 is 0 Å². The molecule has 1 saturated carbocycles.